The van der Waals surface area contributed by atoms with Crippen molar-refractivity contribution in [2.45, 2.75) is 26.0 Å². The molecule has 0 fully saturated rings. The van der Waals surface area contributed by atoms with Gasteiger partial charge in [0.05, 0.1) is 16.2 Å². The Balaban J connectivity index is 0.00000225. The number of nitrogens with one attached hydrogen (secondary N) is 1. The molecule has 0 bridgehead atoms. The van der Waals surface area contributed by atoms with Crippen LogP contribution in [0, 0.1) is 0 Å². The Morgan fingerprint density at radius 1 is 1.24 bits per heavy atom. The third kappa shape index (κ3) is 4.12. The molecule has 0 amide bonds. The van der Waals surface area contributed by atoms with Crippen LogP contribution in [0.25, 0.3) is 10.9 Å². The van der Waals surface area contributed by atoms with E-state index in [1.807, 2.05) is 25.1 Å². The van der Waals surface area contributed by atoms with Gasteiger partial charge in [0.1, 0.15) is 11.9 Å². The van der Waals surface area contributed by atoms with Crippen molar-refractivity contribution < 1.29 is 4.74 Å². The molecule has 0 aliphatic carbocycles. The molecular weight excluding hydrogens is 361 g/mol. The summed E-state index contributed by atoms with van der Waals surface area (Å²) < 4.78 is 5.92. The van der Waals surface area contributed by atoms with Crippen LogP contribution in [0.5, 0.6) is 5.75 Å². The highest BCUT2D eigenvalue weighted by molar-refractivity contribution is 6.32. The molecule has 0 saturated heterocycles. The van der Waals surface area contributed by atoms with E-state index in [9.17, 15) is 4.79 Å². The number of H-pyrrole nitrogens is 1. The van der Waals surface area contributed by atoms with Crippen molar-refractivity contribution in [3.63, 3.8) is 0 Å². The number of ether oxygens (including phenoxy) is 1. The number of nitrogens with two attached hydrogens (primary N) is 1. The summed E-state index contributed by atoms with van der Waals surface area (Å²) in [6.07, 6.45) is 1.45. The van der Waals surface area contributed by atoms with Gasteiger partial charge < -0.3 is 15.5 Å². The van der Waals surface area contributed by atoms with E-state index in [4.69, 9.17) is 22.1 Å². The summed E-state index contributed by atoms with van der Waals surface area (Å²) in [5, 5.41) is 1.28. The summed E-state index contributed by atoms with van der Waals surface area (Å²) in [5.41, 5.74) is 7.59. The van der Waals surface area contributed by atoms with Crippen LogP contribution < -0.4 is 16.0 Å². The van der Waals surface area contributed by atoms with Crippen LogP contribution in [0.15, 0.2) is 47.4 Å². The van der Waals surface area contributed by atoms with Gasteiger partial charge in [0.2, 0.25) is 0 Å². The number of nitrogens with zero attached hydrogens (tertiary/aromatic N) is 1. The minimum absolute atomic E-state index is 0. The smallest absolute Gasteiger partial charge is 0.253 e. The van der Waals surface area contributed by atoms with Crippen LogP contribution >= 0.6 is 24.0 Å². The summed E-state index contributed by atoms with van der Waals surface area (Å²) in [6, 6.07) is 10.5. The largest absolute Gasteiger partial charge is 0.483 e. The molecule has 2 atom stereocenters. The van der Waals surface area contributed by atoms with Gasteiger partial charge in [0.15, 0.2) is 0 Å². The molecule has 5 nitrogen and oxygen atoms in total. The Kier molecular flexibility index (Phi) is 6.06. The van der Waals surface area contributed by atoms with Crippen LogP contribution in [-0.4, -0.2) is 9.97 Å². The number of hydrogen-bond acceptors (Lipinski definition) is 4. The van der Waals surface area contributed by atoms with Gasteiger partial charge in [-0.15, -0.1) is 12.4 Å². The zero-order valence-corrected chi connectivity index (χ0v) is 15.4. The second kappa shape index (κ2) is 7.87. The standard InChI is InChI=1S/C18H18ClN3O2.ClH/c1-10(20)13-7-12-8-14(19)17(9-16(12)22-18(13)23)24-11(2)15-5-3-4-6-21-15;/h3-11H,20H2,1-2H3,(H,22,23);1H/t10-,11+;/m0./s1. The lowest BCUT2D eigenvalue weighted by Gasteiger charge is -2.16. The maximum Gasteiger partial charge on any atom is 0.253 e. The summed E-state index contributed by atoms with van der Waals surface area (Å²) in [7, 11) is 0. The summed E-state index contributed by atoms with van der Waals surface area (Å²) in [5.74, 6) is 0.492. The van der Waals surface area contributed by atoms with Crippen molar-refractivity contribution >= 4 is 34.9 Å². The number of aromatic nitrogens is 2. The molecule has 0 unspecified atom stereocenters. The molecule has 2 heterocycles. The fraction of sp³-hybridized carbons (Fsp3) is 0.222. The normalized spacial score (nSPS) is 13.1. The van der Waals surface area contributed by atoms with Crippen LogP contribution in [0.2, 0.25) is 5.02 Å². The molecule has 3 rings (SSSR count). The first kappa shape index (κ1) is 19.2. The lowest BCUT2D eigenvalue weighted by atomic mass is 10.1. The molecule has 1 aromatic carbocycles. The maximum atomic E-state index is 12.1. The topological polar surface area (TPSA) is 81.0 Å². The zero-order chi connectivity index (χ0) is 17.3. The van der Waals surface area contributed by atoms with Gasteiger partial charge in [-0.1, -0.05) is 17.7 Å². The second-order valence-electron chi connectivity index (χ2n) is 5.73. The Labute approximate surface area is 156 Å². The molecule has 3 aromatic rings. The van der Waals surface area contributed by atoms with Gasteiger partial charge in [0, 0.05) is 29.3 Å². The zero-order valence-electron chi connectivity index (χ0n) is 13.8. The highest BCUT2D eigenvalue weighted by Crippen LogP contribution is 2.32. The van der Waals surface area contributed by atoms with Gasteiger partial charge >= 0.3 is 0 Å². The third-order valence-electron chi connectivity index (χ3n) is 3.82. The predicted octanol–water partition coefficient (Wildman–Crippen LogP) is 4.16. The minimum Gasteiger partial charge on any atom is -0.483 e. The van der Waals surface area contributed by atoms with Gasteiger partial charge in [-0.05, 0) is 38.1 Å². The first-order chi connectivity index (χ1) is 11.5. The molecular formula is C18H19Cl2N3O2. The highest BCUT2D eigenvalue weighted by atomic mass is 35.5. The number of fused-ring (bicyclic) bond motifs is 1. The van der Waals surface area contributed by atoms with E-state index in [0.717, 1.165) is 11.1 Å². The highest BCUT2D eigenvalue weighted by Gasteiger charge is 2.14. The van der Waals surface area contributed by atoms with E-state index >= 15 is 0 Å². The van der Waals surface area contributed by atoms with Crippen molar-refractivity contribution in [2.24, 2.45) is 5.73 Å². The van der Waals surface area contributed by atoms with Gasteiger partial charge in [-0.3, -0.25) is 9.78 Å². The van der Waals surface area contributed by atoms with Crippen molar-refractivity contribution in [1.82, 2.24) is 9.97 Å². The first-order valence-electron chi connectivity index (χ1n) is 7.65. The predicted molar refractivity (Wildman–Crippen MR) is 103 cm³/mol. The molecule has 132 valence electrons. The number of rotatable bonds is 4. The third-order valence-corrected chi connectivity index (χ3v) is 4.12. The molecule has 3 N–H and O–H groups in total. The summed E-state index contributed by atoms with van der Waals surface area (Å²) in [4.78, 5) is 19.2. The Morgan fingerprint density at radius 3 is 2.64 bits per heavy atom. The van der Waals surface area contributed by atoms with Gasteiger partial charge in [-0.25, -0.2) is 0 Å². The Bertz CT molecular complexity index is 927. The SMILES string of the molecule is C[C@H](N)c1cc2cc(Cl)c(O[C@H](C)c3ccccn3)cc2[nH]c1=O.Cl. The monoisotopic (exact) mass is 379 g/mol. The number of hydrogen-bond donors (Lipinski definition) is 2. The van der Waals surface area contributed by atoms with Crippen LogP contribution in [0.3, 0.4) is 0 Å². The van der Waals surface area contributed by atoms with Crippen molar-refractivity contribution in [3.8, 4) is 5.75 Å². The van der Waals surface area contributed by atoms with E-state index in [2.05, 4.69) is 9.97 Å². The van der Waals surface area contributed by atoms with Crippen molar-refractivity contribution in [3.05, 3.63) is 69.2 Å². The molecule has 0 spiro atoms. The lowest BCUT2D eigenvalue weighted by molar-refractivity contribution is 0.222. The molecule has 7 heteroatoms. The van der Waals surface area contributed by atoms with E-state index in [-0.39, 0.29) is 30.1 Å². The van der Waals surface area contributed by atoms with Crippen LogP contribution in [0.4, 0.5) is 0 Å². The molecule has 0 saturated carbocycles. The molecule has 25 heavy (non-hydrogen) atoms. The fourth-order valence-electron chi connectivity index (χ4n) is 2.52. The van der Waals surface area contributed by atoms with E-state index < -0.39 is 0 Å². The average molecular weight is 380 g/mol. The van der Waals surface area contributed by atoms with Gasteiger partial charge in [0.25, 0.3) is 5.56 Å². The Hall–Kier alpha value is -2.08. The molecule has 2 aromatic heterocycles. The van der Waals surface area contributed by atoms with Crippen LogP contribution in [-0.2, 0) is 0 Å². The summed E-state index contributed by atoms with van der Waals surface area (Å²) in [6.45, 7) is 3.66. The minimum atomic E-state index is -0.350. The van der Waals surface area contributed by atoms with Crippen molar-refractivity contribution in [1.29, 1.82) is 0 Å². The quantitative estimate of drug-likeness (QED) is 0.712. The lowest BCUT2D eigenvalue weighted by Crippen LogP contribution is -2.19. The second-order valence-corrected chi connectivity index (χ2v) is 6.13. The average Bonchev–Trinajstić information content (AvgIpc) is 2.56. The van der Waals surface area contributed by atoms with E-state index in [0.29, 0.717) is 21.9 Å². The molecule has 0 aliphatic heterocycles. The number of benzene rings is 1. The number of aromatic amines is 1. The van der Waals surface area contributed by atoms with E-state index in [1.54, 1.807) is 31.3 Å². The maximum absolute atomic E-state index is 12.1. The van der Waals surface area contributed by atoms with Gasteiger partial charge in [-0.2, -0.15) is 0 Å². The molecule has 0 radical (unpaired) electrons. The fourth-order valence-corrected chi connectivity index (χ4v) is 2.74. The summed E-state index contributed by atoms with van der Waals surface area (Å²) >= 11 is 6.34. The van der Waals surface area contributed by atoms with Crippen molar-refractivity contribution in [2.75, 3.05) is 0 Å². The van der Waals surface area contributed by atoms with Crippen LogP contribution in [0.1, 0.15) is 37.3 Å². The Morgan fingerprint density at radius 2 is 2.00 bits per heavy atom. The number of pyridine rings is 2. The molecule has 0 aliphatic rings. The number of halogens is 2. The first-order valence-corrected chi connectivity index (χ1v) is 8.03. The van der Waals surface area contributed by atoms with E-state index in [1.165, 1.54) is 0 Å².